The lowest BCUT2D eigenvalue weighted by Crippen LogP contribution is -2.37. The molecular formula is C14H13F4NO. The van der Waals surface area contributed by atoms with E-state index in [0.29, 0.717) is 5.56 Å². The van der Waals surface area contributed by atoms with Crippen molar-refractivity contribution in [2.75, 3.05) is 13.1 Å². The van der Waals surface area contributed by atoms with Gasteiger partial charge in [0.1, 0.15) is 5.82 Å². The SMILES string of the molecule is Cc1ccc(C(=O)N2CC=C(C(F)(F)F)CC2)c(F)c1. The van der Waals surface area contributed by atoms with E-state index in [1.165, 1.54) is 17.0 Å². The van der Waals surface area contributed by atoms with Gasteiger partial charge in [-0.1, -0.05) is 12.1 Å². The van der Waals surface area contributed by atoms with Crippen molar-refractivity contribution in [2.45, 2.75) is 19.5 Å². The molecule has 1 aliphatic heterocycles. The highest BCUT2D eigenvalue weighted by molar-refractivity contribution is 5.94. The van der Waals surface area contributed by atoms with Crippen LogP contribution in [0.4, 0.5) is 17.6 Å². The fourth-order valence-corrected chi connectivity index (χ4v) is 2.07. The van der Waals surface area contributed by atoms with Crippen LogP contribution >= 0.6 is 0 Å². The van der Waals surface area contributed by atoms with Crippen LogP contribution in [-0.2, 0) is 0 Å². The number of nitrogens with zero attached hydrogens (tertiary/aromatic N) is 1. The quantitative estimate of drug-likeness (QED) is 0.572. The molecule has 0 aliphatic carbocycles. The summed E-state index contributed by atoms with van der Waals surface area (Å²) in [5, 5.41) is 0. The van der Waals surface area contributed by atoms with E-state index in [-0.39, 0.29) is 25.1 Å². The summed E-state index contributed by atoms with van der Waals surface area (Å²) in [6.45, 7) is 1.48. The van der Waals surface area contributed by atoms with E-state index in [1.807, 2.05) is 0 Å². The molecule has 1 aromatic rings. The van der Waals surface area contributed by atoms with E-state index in [4.69, 9.17) is 0 Å². The average Bonchev–Trinajstić information content (AvgIpc) is 2.37. The van der Waals surface area contributed by atoms with Gasteiger partial charge in [-0.25, -0.2) is 4.39 Å². The molecule has 0 atom stereocenters. The molecule has 1 aliphatic rings. The molecule has 20 heavy (non-hydrogen) atoms. The molecule has 2 nitrogen and oxygen atoms in total. The van der Waals surface area contributed by atoms with Gasteiger partial charge in [0.15, 0.2) is 0 Å². The Kier molecular flexibility index (Phi) is 3.83. The molecule has 2 rings (SSSR count). The predicted molar refractivity (Wildman–Crippen MR) is 65.8 cm³/mol. The third-order valence-electron chi connectivity index (χ3n) is 3.22. The summed E-state index contributed by atoms with van der Waals surface area (Å²) in [4.78, 5) is 13.3. The Bertz CT molecular complexity index is 563. The first-order valence-electron chi connectivity index (χ1n) is 6.10. The van der Waals surface area contributed by atoms with E-state index in [9.17, 15) is 22.4 Å². The first kappa shape index (κ1) is 14.6. The summed E-state index contributed by atoms with van der Waals surface area (Å²) in [5.41, 5.74) is -0.0673. The second-order valence-electron chi connectivity index (χ2n) is 4.71. The Balaban J connectivity index is 2.14. The number of rotatable bonds is 1. The minimum Gasteiger partial charge on any atom is -0.334 e. The Morgan fingerprint density at radius 2 is 2.00 bits per heavy atom. The van der Waals surface area contributed by atoms with Crippen LogP contribution in [0.15, 0.2) is 29.8 Å². The fraction of sp³-hybridized carbons (Fsp3) is 0.357. The Morgan fingerprint density at radius 1 is 1.30 bits per heavy atom. The maximum absolute atomic E-state index is 13.7. The summed E-state index contributed by atoms with van der Waals surface area (Å²) < 4.78 is 51.1. The zero-order valence-electron chi connectivity index (χ0n) is 10.8. The number of hydrogen-bond donors (Lipinski definition) is 0. The van der Waals surface area contributed by atoms with Crippen molar-refractivity contribution in [3.05, 3.63) is 46.8 Å². The van der Waals surface area contributed by atoms with E-state index in [2.05, 4.69) is 0 Å². The average molecular weight is 287 g/mol. The lowest BCUT2D eigenvalue weighted by Gasteiger charge is -2.27. The standard InChI is InChI=1S/C14H13F4NO/c1-9-2-3-11(12(15)8-9)13(20)19-6-4-10(5-7-19)14(16,17)18/h2-4,8H,5-7H2,1H3. The van der Waals surface area contributed by atoms with Crippen molar-refractivity contribution in [2.24, 2.45) is 0 Å². The van der Waals surface area contributed by atoms with Crippen molar-refractivity contribution in [3.8, 4) is 0 Å². The molecule has 1 heterocycles. The van der Waals surface area contributed by atoms with Crippen LogP contribution in [0.5, 0.6) is 0 Å². The number of carbonyl (C=O) groups is 1. The summed E-state index contributed by atoms with van der Waals surface area (Å²) in [6, 6.07) is 4.18. The van der Waals surface area contributed by atoms with Gasteiger partial charge in [0.05, 0.1) is 5.56 Å². The predicted octanol–water partition coefficient (Wildman–Crippen LogP) is 3.47. The van der Waals surface area contributed by atoms with Gasteiger partial charge in [0, 0.05) is 18.7 Å². The van der Waals surface area contributed by atoms with Gasteiger partial charge in [-0.05, 0) is 31.0 Å². The van der Waals surface area contributed by atoms with Crippen LogP contribution in [0.2, 0.25) is 0 Å². The Morgan fingerprint density at radius 3 is 2.50 bits per heavy atom. The molecule has 0 aromatic heterocycles. The molecular weight excluding hydrogens is 274 g/mol. The number of aryl methyl sites for hydroxylation is 1. The van der Waals surface area contributed by atoms with Crippen molar-refractivity contribution >= 4 is 5.91 Å². The molecule has 0 radical (unpaired) electrons. The normalized spacial score (nSPS) is 16.1. The van der Waals surface area contributed by atoms with Gasteiger partial charge in [-0.15, -0.1) is 0 Å². The van der Waals surface area contributed by atoms with Crippen LogP contribution < -0.4 is 0 Å². The van der Waals surface area contributed by atoms with E-state index >= 15 is 0 Å². The highest BCUT2D eigenvalue weighted by atomic mass is 19.4. The smallest absolute Gasteiger partial charge is 0.334 e. The summed E-state index contributed by atoms with van der Waals surface area (Å²) in [7, 11) is 0. The Labute approximate surface area is 113 Å². The molecule has 0 fully saturated rings. The molecule has 1 aromatic carbocycles. The van der Waals surface area contributed by atoms with Crippen LogP contribution in [0.1, 0.15) is 22.3 Å². The van der Waals surface area contributed by atoms with Gasteiger partial charge in [-0.2, -0.15) is 13.2 Å². The molecule has 0 N–H and O–H groups in total. The third kappa shape index (κ3) is 3.00. The van der Waals surface area contributed by atoms with E-state index < -0.39 is 23.5 Å². The maximum Gasteiger partial charge on any atom is 0.412 e. The highest BCUT2D eigenvalue weighted by Gasteiger charge is 2.35. The number of halogens is 4. The largest absolute Gasteiger partial charge is 0.412 e. The minimum atomic E-state index is -4.36. The molecule has 1 amide bonds. The number of hydrogen-bond acceptors (Lipinski definition) is 1. The van der Waals surface area contributed by atoms with Crippen LogP contribution in [0.25, 0.3) is 0 Å². The van der Waals surface area contributed by atoms with Gasteiger partial charge >= 0.3 is 6.18 Å². The van der Waals surface area contributed by atoms with Crippen molar-refractivity contribution < 1.29 is 22.4 Å². The van der Waals surface area contributed by atoms with Crippen LogP contribution in [0.3, 0.4) is 0 Å². The third-order valence-corrected chi connectivity index (χ3v) is 3.22. The first-order valence-corrected chi connectivity index (χ1v) is 6.10. The molecule has 6 heteroatoms. The monoisotopic (exact) mass is 287 g/mol. The van der Waals surface area contributed by atoms with Crippen LogP contribution in [0, 0.1) is 12.7 Å². The molecule has 0 saturated carbocycles. The van der Waals surface area contributed by atoms with Gasteiger partial charge in [0.2, 0.25) is 0 Å². The summed E-state index contributed by atoms with van der Waals surface area (Å²) >= 11 is 0. The lowest BCUT2D eigenvalue weighted by molar-refractivity contribution is -0.0957. The van der Waals surface area contributed by atoms with E-state index in [1.54, 1.807) is 13.0 Å². The highest BCUT2D eigenvalue weighted by Crippen LogP contribution is 2.30. The molecule has 0 bridgehead atoms. The second-order valence-corrected chi connectivity index (χ2v) is 4.71. The van der Waals surface area contributed by atoms with Crippen molar-refractivity contribution in [3.63, 3.8) is 0 Å². The molecule has 0 saturated heterocycles. The topological polar surface area (TPSA) is 20.3 Å². The summed E-state index contributed by atoms with van der Waals surface area (Å²) in [6.07, 6.45) is -3.64. The second kappa shape index (κ2) is 5.26. The van der Waals surface area contributed by atoms with Gasteiger partial charge in [-0.3, -0.25) is 4.79 Å². The molecule has 108 valence electrons. The first-order chi connectivity index (χ1) is 9.29. The van der Waals surface area contributed by atoms with E-state index in [0.717, 1.165) is 6.08 Å². The fourth-order valence-electron chi connectivity index (χ4n) is 2.07. The van der Waals surface area contributed by atoms with Crippen molar-refractivity contribution in [1.29, 1.82) is 0 Å². The van der Waals surface area contributed by atoms with Gasteiger partial charge in [0.25, 0.3) is 5.91 Å². The zero-order valence-corrected chi connectivity index (χ0v) is 10.8. The minimum absolute atomic E-state index is 0.0580. The Hall–Kier alpha value is -1.85. The lowest BCUT2D eigenvalue weighted by atomic mass is 10.1. The van der Waals surface area contributed by atoms with Gasteiger partial charge < -0.3 is 4.90 Å². The number of alkyl halides is 3. The molecule has 0 spiro atoms. The number of carbonyl (C=O) groups excluding carboxylic acids is 1. The number of amides is 1. The number of benzene rings is 1. The summed E-state index contributed by atoms with van der Waals surface area (Å²) in [5.74, 6) is -1.24. The maximum atomic E-state index is 13.7. The zero-order chi connectivity index (χ0) is 14.9. The van der Waals surface area contributed by atoms with Crippen LogP contribution in [-0.4, -0.2) is 30.1 Å². The van der Waals surface area contributed by atoms with Crippen molar-refractivity contribution in [1.82, 2.24) is 4.90 Å². The molecule has 0 unspecified atom stereocenters.